The van der Waals surface area contributed by atoms with E-state index in [-0.39, 0.29) is 23.4 Å². The Morgan fingerprint density at radius 2 is 1.97 bits per heavy atom. The minimum absolute atomic E-state index is 0.00208. The number of benzene rings is 2. The third kappa shape index (κ3) is 5.70. The first kappa shape index (κ1) is 22.9. The molecule has 0 aliphatic rings. The highest BCUT2D eigenvalue weighted by molar-refractivity contribution is 7.89. The van der Waals surface area contributed by atoms with Crippen LogP contribution in [0.2, 0.25) is 0 Å². The molecule has 3 rings (SSSR count). The van der Waals surface area contributed by atoms with E-state index in [1.165, 1.54) is 18.2 Å². The predicted molar refractivity (Wildman–Crippen MR) is 115 cm³/mol. The number of halogens is 2. The van der Waals surface area contributed by atoms with Gasteiger partial charge in [0.2, 0.25) is 15.9 Å². The topological polar surface area (TPSA) is 105 Å². The first-order valence-corrected chi connectivity index (χ1v) is 11.5. The second kappa shape index (κ2) is 9.18. The van der Waals surface area contributed by atoms with Gasteiger partial charge in [-0.2, -0.15) is 0 Å². The normalized spacial score (nSPS) is 12.7. The quantitative estimate of drug-likeness (QED) is 0.556. The Kier molecular flexibility index (Phi) is 6.80. The SMILES string of the molecule is C[C@H](c1cccc(S(N)(=O)=O)c1)N(C)CC(=O)Nc1nc(-c2ccc(F)c(F)c2)cs1. The van der Waals surface area contributed by atoms with Gasteiger partial charge in [-0.1, -0.05) is 12.1 Å². The number of aromatic nitrogens is 1. The van der Waals surface area contributed by atoms with Gasteiger partial charge in [0.25, 0.3) is 0 Å². The van der Waals surface area contributed by atoms with Crippen LogP contribution in [0, 0.1) is 11.6 Å². The molecule has 164 valence electrons. The largest absolute Gasteiger partial charge is 0.301 e. The van der Waals surface area contributed by atoms with Crippen LogP contribution in [0.1, 0.15) is 18.5 Å². The van der Waals surface area contributed by atoms with Crippen LogP contribution in [-0.2, 0) is 14.8 Å². The second-order valence-electron chi connectivity index (χ2n) is 6.92. The zero-order chi connectivity index (χ0) is 22.8. The van der Waals surface area contributed by atoms with E-state index in [1.807, 2.05) is 6.92 Å². The molecule has 0 saturated heterocycles. The Labute approximate surface area is 182 Å². The summed E-state index contributed by atoms with van der Waals surface area (Å²) in [6, 6.07) is 9.43. The molecule has 1 aromatic heterocycles. The first-order valence-electron chi connectivity index (χ1n) is 9.08. The summed E-state index contributed by atoms with van der Waals surface area (Å²) >= 11 is 1.16. The number of primary sulfonamides is 1. The van der Waals surface area contributed by atoms with Crippen molar-refractivity contribution in [1.82, 2.24) is 9.88 Å². The van der Waals surface area contributed by atoms with Crippen LogP contribution >= 0.6 is 11.3 Å². The van der Waals surface area contributed by atoms with E-state index in [0.29, 0.717) is 22.0 Å². The molecule has 0 fully saturated rings. The molecule has 2 aromatic carbocycles. The Balaban J connectivity index is 1.64. The summed E-state index contributed by atoms with van der Waals surface area (Å²) in [4.78, 5) is 18.4. The smallest absolute Gasteiger partial charge is 0.240 e. The predicted octanol–water partition coefficient (Wildman–Crippen LogP) is 3.37. The minimum atomic E-state index is -3.82. The fourth-order valence-corrected chi connectivity index (χ4v) is 4.15. The van der Waals surface area contributed by atoms with Gasteiger partial charge in [-0.15, -0.1) is 11.3 Å². The molecule has 31 heavy (non-hydrogen) atoms. The molecule has 0 aliphatic carbocycles. The van der Waals surface area contributed by atoms with Crippen molar-refractivity contribution in [2.24, 2.45) is 5.14 Å². The van der Waals surface area contributed by atoms with Crippen molar-refractivity contribution in [3.05, 3.63) is 65.0 Å². The lowest BCUT2D eigenvalue weighted by atomic mass is 10.1. The second-order valence-corrected chi connectivity index (χ2v) is 9.34. The molecule has 7 nitrogen and oxygen atoms in total. The molecule has 0 spiro atoms. The van der Waals surface area contributed by atoms with E-state index in [2.05, 4.69) is 10.3 Å². The molecule has 1 amide bonds. The van der Waals surface area contributed by atoms with Crippen LogP contribution in [0.4, 0.5) is 13.9 Å². The molecule has 1 heterocycles. The zero-order valence-electron chi connectivity index (χ0n) is 16.7. The lowest BCUT2D eigenvalue weighted by molar-refractivity contribution is -0.117. The number of carbonyl (C=O) groups is 1. The van der Waals surface area contributed by atoms with Crippen molar-refractivity contribution in [3.63, 3.8) is 0 Å². The summed E-state index contributed by atoms with van der Waals surface area (Å²) in [6.45, 7) is 1.85. The van der Waals surface area contributed by atoms with Gasteiger partial charge in [0, 0.05) is 17.0 Å². The third-order valence-electron chi connectivity index (χ3n) is 4.69. The molecule has 0 bridgehead atoms. The standard InChI is InChI=1S/C20H20F2N4O3S2/c1-12(13-4-3-5-15(8-13)31(23,28)29)26(2)10-19(27)25-20-24-18(11-30-20)14-6-7-16(21)17(22)9-14/h3-9,11-12H,10H2,1-2H3,(H2,23,28,29)(H,24,25,27)/t12-/m1/s1. The highest BCUT2D eigenvalue weighted by Gasteiger charge is 2.18. The van der Waals surface area contributed by atoms with E-state index in [9.17, 15) is 22.0 Å². The van der Waals surface area contributed by atoms with Gasteiger partial charge in [-0.05, 0) is 49.9 Å². The number of amides is 1. The van der Waals surface area contributed by atoms with Crippen LogP contribution in [0.15, 0.2) is 52.7 Å². The monoisotopic (exact) mass is 466 g/mol. The summed E-state index contributed by atoms with van der Waals surface area (Å²) < 4.78 is 49.6. The molecule has 3 aromatic rings. The van der Waals surface area contributed by atoms with Crippen LogP contribution in [0.5, 0.6) is 0 Å². The Morgan fingerprint density at radius 3 is 2.65 bits per heavy atom. The summed E-state index contributed by atoms with van der Waals surface area (Å²) in [7, 11) is -2.10. The molecule has 1 atom stereocenters. The Morgan fingerprint density at radius 1 is 1.23 bits per heavy atom. The number of nitrogens with two attached hydrogens (primary N) is 1. The van der Waals surface area contributed by atoms with Gasteiger partial charge < -0.3 is 5.32 Å². The van der Waals surface area contributed by atoms with E-state index in [4.69, 9.17) is 5.14 Å². The van der Waals surface area contributed by atoms with Crippen molar-refractivity contribution in [2.45, 2.75) is 17.9 Å². The van der Waals surface area contributed by atoms with E-state index in [0.717, 1.165) is 23.5 Å². The number of rotatable bonds is 7. The highest BCUT2D eigenvalue weighted by atomic mass is 32.2. The number of nitrogens with zero attached hydrogens (tertiary/aromatic N) is 2. The number of anilines is 1. The number of hydrogen-bond acceptors (Lipinski definition) is 6. The zero-order valence-corrected chi connectivity index (χ0v) is 18.3. The summed E-state index contributed by atoms with van der Waals surface area (Å²) in [5.74, 6) is -2.25. The first-order chi connectivity index (χ1) is 14.5. The van der Waals surface area contributed by atoms with Gasteiger partial charge in [0.05, 0.1) is 17.1 Å². The molecule has 3 N–H and O–H groups in total. The van der Waals surface area contributed by atoms with Crippen LogP contribution in [0.25, 0.3) is 11.3 Å². The highest BCUT2D eigenvalue weighted by Crippen LogP contribution is 2.26. The summed E-state index contributed by atoms with van der Waals surface area (Å²) in [5, 5.41) is 9.81. The molecule has 11 heteroatoms. The van der Waals surface area contributed by atoms with Crippen molar-refractivity contribution in [3.8, 4) is 11.3 Å². The molecule has 0 aliphatic heterocycles. The molecular weight excluding hydrogens is 446 g/mol. The van der Waals surface area contributed by atoms with Crippen molar-refractivity contribution >= 4 is 32.4 Å². The lowest BCUT2D eigenvalue weighted by Gasteiger charge is -2.24. The maximum atomic E-state index is 13.4. The van der Waals surface area contributed by atoms with Gasteiger partial charge in [0.1, 0.15) is 0 Å². The van der Waals surface area contributed by atoms with Gasteiger partial charge >= 0.3 is 0 Å². The molecular formula is C20H20F2N4O3S2. The summed E-state index contributed by atoms with van der Waals surface area (Å²) in [6.07, 6.45) is 0. The van der Waals surface area contributed by atoms with E-state index >= 15 is 0 Å². The van der Waals surface area contributed by atoms with Crippen molar-refractivity contribution in [2.75, 3.05) is 18.9 Å². The van der Waals surface area contributed by atoms with E-state index in [1.54, 1.807) is 29.5 Å². The van der Waals surface area contributed by atoms with Crippen molar-refractivity contribution < 1.29 is 22.0 Å². The molecule has 0 unspecified atom stereocenters. The van der Waals surface area contributed by atoms with Gasteiger partial charge in [0.15, 0.2) is 16.8 Å². The van der Waals surface area contributed by atoms with Gasteiger partial charge in [-0.25, -0.2) is 27.3 Å². The number of hydrogen-bond donors (Lipinski definition) is 2. The number of sulfonamides is 1. The average Bonchev–Trinajstić information content (AvgIpc) is 3.17. The minimum Gasteiger partial charge on any atom is -0.301 e. The maximum absolute atomic E-state index is 13.4. The van der Waals surface area contributed by atoms with Crippen LogP contribution in [-0.4, -0.2) is 37.8 Å². The lowest BCUT2D eigenvalue weighted by Crippen LogP contribution is -2.32. The number of nitrogens with one attached hydrogen (secondary N) is 1. The molecule has 0 radical (unpaired) electrons. The molecule has 0 saturated carbocycles. The number of carbonyl (C=O) groups excluding carboxylic acids is 1. The fourth-order valence-electron chi connectivity index (χ4n) is 2.85. The van der Waals surface area contributed by atoms with Crippen LogP contribution < -0.4 is 10.5 Å². The fraction of sp³-hybridized carbons (Fsp3) is 0.200. The maximum Gasteiger partial charge on any atom is 0.240 e. The Bertz CT molecular complexity index is 1210. The van der Waals surface area contributed by atoms with E-state index < -0.39 is 21.7 Å². The number of thiazole rings is 1. The number of likely N-dealkylation sites (N-methyl/N-ethyl adjacent to an activating group) is 1. The average molecular weight is 467 g/mol. The Hall–Kier alpha value is -2.73. The van der Waals surface area contributed by atoms with Crippen LogP contribution in [0.3, 0.4) is 0 Å². The third-order valence-corrected chi connectivity index (χ3v) is 6.36. The van der Waals surface area contributed by atoms with Crippen molar-refractivity contribution in [1.29, 1.82) is 0 Å². The summed E-state index contributed by atoms with van der Waals surface area (Å²) in [5.41, 5.74) is 1.51. The van der Waals surface area contributed by atoms with Gasteiger partial charge in [-0.3, -0.25) is 9.69 Å².